The molecule has 3 atom stereocenters. The molecule has 1 aliphatic heterocycles. The quantitative estimate of drug-likeness (QED) is 0.216. The molecule has 2 aromatic carbocycles. The molecule has 2 aliphatic rings. The van der Waals surface area contributed by atoms with Crippen molar-refractivity contribution in [3.63, 3.8) is 0 Å². The predicted octanol–water partition coefficient (Wildman–Crippen LogP) is 3.05. The highest BCUT2D eigenvalue weighted by Gasteiger charge is 2.36. The number of carbonyl (C=O) groups excluding carboxylic acids is 5. The largest absolute Gasteiger partial charge is 0.356 e. The molecule has 2 fully saturated rings. The lowest BCUT2D eigenvalue weighted by molar-refractivity contribution is -0.141. The summed E-state index contributed by atoms with van der Waals surface area (Å²) in [5.41, 5.74) is 1.68. The number of Topliss-reactive ketones (excluding diaryl/α,β-unsaturated/α-hetero) is 1. The van der Waals surface area contributed by atoms with Crippen LogP contribution in [0.4, 0.5) is 0 Å². The van der Waals surface area contributed by atoms with Crippen molar-refractivity contribution in [2.24, 2.45) is 11.8 Å². The third-order valence-electron chi connectivity index (χ3n) is 7.99. The van der Waals surface area contributed by atoms with Gasteiger partial charge in [-0.25, -0.2) is 0 Å². The van der Waals surface area contributed by atoms with Crippen LogP contribution in [-0.4, -0.2) is 48.0 Å². The van der Waals surface area contributed by atoms with Crippen LogP contribution < -0.4 is 21.3 Å². The van der Waals surface area contributed by atoms with Gasteiger partial charge in [-0.1, -0.05) is 92.8 Å². The molecule has 0 bridgehead atoms. The Hall–Kier alpha value is -4.27. The zero-order valence-electron chi connectivity index (χ0n) is 23.8. The summed E-state index contributed by atoms with van der Waals surface area (Å²) in [6.07, 6.45) is 9.23. The summed E-state index contributed by atoms with van der Waals surface area (Å²) in [6.45, 7) is 0.636. The minimum Gasteiger partial charge on any atom is -0.356 e. The Kier molecular flexibility index (Phi) is 11.4. The van der Waals surface area contributed by atoms with Crippen LogP contribution in [0.25, 0.3) is 6.08 Å². The lowest BCUT2D eigenvalue weighted by Crippen LogP contribution is -2.54. The Bertz CT molecular complexity index is 1260. The van der Waals surface area contributed by atoms with E-state index in [1.165, 1.54) is 6.08 Å². The number of nitrogens with one attached hydrogen (secondary N) is 4. The van der Waals surface area contributed by atoms with Gasteiger partial charge in [-0.2, -0.15) is 0 Å². The van der Waals surface area contributed by atoms with Crippen molar-refractivity contribution in [1.29, 1.82) is 0 Å². The van der Waals surface area contributed by atoms with Crippen molar-refractivity contribution in [3.05, 3.63) is 77.9 Å². The maximum Gasteiger partial charge on any atom is 0.289 e. The van der Waals surface area contributed by atoms with Gasteiger partial charge in [0.05, 0.1) is 6.04 Å². The third-order valence-corrected chi connectivity index (χ3v) is 7.99. The van der Waals surface area contributed by atoms with Crippen molar-refractivity contribution in [1.82, 2.24) is 21.3 Å². The van der Waals surface area contributed by atoms with Crippen molar-refractivity contribution in [3.8, 4) is 0 Å². The van der Waals surface area contributed by atoms with Crippen molar-refractivity contribution < 1.29 is 24.0 Å². The Balaban J connectivity index is 1.47. The number of benzene rings is 2. The molecule has 0 aromatic heterocycles. The average molecular weight is 573 g/mol. The van der Waals surface area contributed by atoms with Gasteiger partial charge < -0.3 is 21.3 Å². The Morgan fingerprint density at radius 2 is 1.52 bits per heavy atom. The molecule has 4 amide bonds. The molecule has 42 heavy (non-hydrogen) atoms. The second-order valence-electron chi connectivity index (χ2n) is 11.2. The Morgan fingerprint density at radius 1 is 0.833 bits per heavy atom. The monoisotopic (exact) mass is 572 g/mol. The van der Waals surface area contributed by atoms with Crippen LogP contribution in [0.5, 0.6) is 0 Å². The van der Waals surface area contributed by atoms with Crippen LogP contribution in [0.15, 0.2) is 66.7 Å². The topological polar surface area (TPSA) is 133 Å². The first-order valence-electron chi connectivity index (χ1n) is 14.9. The number of rotatable bonds is 13. The van der Waals surface area contributed by atoms with E-state index in [2.05, 4.69) is 21.3 Å². The molecular formula is C33H40N4O5. The van der Waals surface area contributed by atoms with Crippen LogP contribution >= 0.6 is 0 Å². The average Bonchev–Trinajstić information content (AvgIpc) is 3.43. The van der Waals surface area contributed by atoms with Gasteiger partial charge in [0.25, 0.3) is 5.91 Å². The first-order chi connectivity index (χ1) is 20.4. The molecule has 1 aliphatic carbocycles. The van der Waals surface area contributed by atoms with E-state index in [0.717, 1.165) is 43.2 Å². The van der Waals surface area contributed by atoms with E-state index in [9.17, 15) is 24.0 Å². The van der Waals surface area contributed by atoms with Gasteiger partial charge in [-0.05, 0) is 42.4 Å². The minimum atomic E-state index is -1.20. The van der Waals surface area contributed by atoms with Gasteiger partial charge in [0, 0.05) is 25.1 Å². The normalized spacial score (nSPS) is 18.6. The van der Waals surface area contributed by atoms with E-state index in [4.69, 9.17) is 0 Å². The molecule has 2 aromatic rings. The first kappa shape index (κ1) is 30.7. The molecule has 9 heteroatoms. The molecule has 4 rings (SSSR count). The standard InChI is InChI=1S/C33H40N4O5/c38-29(17-16-23-10-4-1-5-11-23)36-28(20-24-12-6-2-7-13-24)32(41)37-27(21-26-18-19-34-31(26)40)30(39)33(42)35-22-25-14-8-3-9-15-25/h1,3-5,8-11,14-17,24,26-28H,2,6-7,12-13,18-22H2,(H,34,40)(H,35,42)(H,36,38)(H,37,41)/b17-16+/t26-,27?,28-/m0/s1. The second-order valence-corrected chi connectivity index (χ2v) is 11.2. The molecule has 1 heterocycles. The fraction of sp³-hybridized carbons (Fsp3) is 0.424. The van der Waals surface area contributed by atoms with Crippen LogP contribution in [0.2, 0.25) is 0 Å². The lowest BCUT2D eigenvalue weighted by atomic mass is 9.84. The van der Waals surface area contributed by atoms with Crippen LogP contribution in [0, 0.1) is 11.8 Å². The van der Waals surface area contributed by atoms with E-state index >= 15 is 0 Å². The van der Waals surface area contributed by atoms with Gasteiger partial charge >= 0.3 is 0 Å². The highest BCUT2D eigenvalue weighted by atomic mass is 16.2. The molecule has 9 nitrogen and oxygen atoms in total. The summed E-state index contributed by atoms with van der Waals surface area (Å²) in [4.78, 5) is 65.1. The van der Waals surface area contributed by atoms with E-state index in [1.807, 2.05) is 60.7 Å². The smallest absolute Gasteiger partial charge is 0.289 e. The van der Waals surface area contributed by atoms with Crippen LogP contribution in [0.3, 0.4) is 0 Å². The van der Waals surface area contributed by atoms with E-state index < -0.39 is 41.5 Å². The van der Waals surface area contributed by atoms with Crippen LogP contribution in [-0.2, 0) is 30.5 Å². The van der Waals surface area contributed by atoms with E-state index in [0.29, 0.717) is 19.4 Å². The zero-order chi connectivity index (χ0) is 29.7. The summed E-state index contributed by atoms with van der Waals surface area (Å²) >= 11 is 0. The molecule has 0 spiro atoms. The van der Waals surface area contributed by atoms with Gasteiger partial charge in [0.1, 0.15) is 6.04 Å². The van der Waals surface area contributed by atoms with E-state index in [-0.39, 0.29) is 24.8 Å². The number of ketones is 1. The van der Waals surface area contributed by atoms with Crippen molar-refractivity contribution in [2.45, 2.75) is 70.0 Å². The molecule has 1 unspecified atom stereocenters. The summed E-state index contributed by atoms with van der Waals surface area (Å²) in [5.74, 6) is -3.04. The van der Waals surface area contributed by atoms with Crippen LogP contribution in [0.1, 0.15) is 62.5 Å². The first-order valence-corrected chi connectivity index (χ1v) is 14.9. The number of carbonyl (C=O) groups is 5. The third kappa shape index (κ3) is 9.39. The zero-order valence-corrected chi connectivity index (χ0v) is 23.8. The maximum atomic E-state index is 13.7. The Labute approximate surface area is 246 Å². The SMILES string of the molecule is O=C(/C=C/c1ccccc1)N[C@@H](CC1CCCCC1)C(=O)NC(C[C@@H]1CCNC1=O)C(=O)C(=O)NCc1ccccc1. The summed E-state index contributed by atoms with van der Waals surface area (Å²) < 4.78 is 0. The van der Waals surface area contributed by atoms with E-state index in [1.54, 1.807) is 6.08 Å². The molecule has 1 saturated carbocycles. The number of hydrogen-bond acceptors (Lipinski definition) is 5. The fourth-order valence-electron chi connectivity index (χ4n) is 5.63. The minimum absolute atomic E-state index is 0.00711. The fourth-order valence-corrected chi connectivity index (χ4v) is 5.63. The summed E-state index contributed by atoms with van der Waals surface area (Å²) in [7, 11) is 0. The number of hydrogen-bond donors (Lipinski definition) is 4. The maximum absolute atomic E-state index is 13.7. The van der Waals surface area contributed by atoms with Gasteiger partial charge in [0.2, 0.25) is 23.5 Å². The molecule has 1 saturated heterocycles. The highest BCUT2D eigenvalue weighted by Crippen LogP contribution is 2.27. The van der Waals surface area contributed by atoms with Crippen molar-refractivity contribution >= 4 is 35.5 Å². The highest BCUT2D eigenvalue weighted by molar-refractivity contribution is 6.38. The molecule has 0 radical (unpaired) electrons. The summed E-state index contributed by atoms with van der Waals surface area (Å²) in [5, 5.41) is 10.9. The van der Waals surface area contributed by atoms with Gasteiger partial charge in [-0.15, -0.1) is 0 Å². The second kappa shape index (κ2) is 15.7. The molecule has 222 valence electrons. The van der Waals surface area contributed by atoms with Crippen molar-refractivity contribution in [2.75, 3.05) is 6.54 Å². The summed E-state index contributed by atoms with van der Waals surface area (Å²) in [6, 6.07) is 16.5. The molecular weight excluding hydrogens is 532 g/mol. The molecule has 4 N–H and O–H groups in total. The lowest BCUT2D eigenvalue weighted by Gasteiger charge is -2.28. The van der Waals surface area contributed by atoms with Gasteiger partial charge in [-0.3, -0.25) is 24.0 Å². The number of amides is 4. The predicted molar refractivity (Wildman–Crippen MR) is 160 cm³/mol. The van der Waals surface area contributed by atoms with Gasteiger partial charge in [0.15, 0.2) is 0 Å². The Morgan fingerprint density at radius 3 is 2.19 bits per heavy atom.